The SMILES string of the molecule is COc1ccc(/C=C/C(=O)c2ccc(Br)cc2)cc1Cn1cc([N+](=O)[O-])cn1. The van der Waals surface area contributed by atoms with Gasteiger partial charge in [-0.3, -0.25) is 19.6 Å². The Balaban J connectivity index is 1.80. The molecule has 7 nitrogen and oxygen atoms in total. The number of benzene rings is 2. The Bertz CT molecular complexity index is 1040. The van der Waals surface area contributed by atoms with Crippen LogP contribution in [0, 0.1) is 10.1 Å². The van der Waals surface area contributed by atoms with Crippen LogP contribution in [0.1, 0.15) is 21.5 Å². The maximum Gasteiger partial charge on any atom is 0.307 e. The standard InChI is InChI=1S/C20H16BrN3O4/c1-28-20-9-3-14(2-8-19(25)15-4-6-17(21)7-5-15)10-16(20)12-23-13-18(11-22-23)24(26)27/h2-11,13H,12H2,1H3/b8-2+. The number of rotatable bonds is 7. The molecule has 3 rings (SSSR count). The van der Waals surface area contributed by atoms with Gasteiger partial charge in [0, 0.05) is 15.6 Å². The number of allylic oxidation sites excluding steroid dienone is 1. The molecule has 0 N–H and O–H groups in total. The summed E-state index contributed by atoms with van der Waals surface area (Å²) in [6.07, 6.45) is 5.79. The summed E-state index contributed by atoms with van der Waals surface area (Å²) in [5, 5.41) is 14.8. The Morgan fingerprint density at radius 3 is 2.68 bits per heavy atom. The Morgan fingerprint density at radius 2 is 2.04 bits per heavy atom. The lowest BCUT2D eigenvalue weighted by Gasteiger charge is -2.09. The van der Waals surface area contributed by atoms with Gasteiger partial charge >= 0.3 is 5.69 Å². The van der Waals surface area contributed by atoms with Crippen molar-refractivity contribution >= 4 is 33.5 Å². The molecule has 0 bridgehead atoms. The Morgan fingerprint density at radius 1 is 1.29 bits per heavy atom. The van der Waals surface area contributed by atoms with Crippen molar-refractivity contribution in [1.82, 2.24) is 9.78 Å². The quantitative estimate of drug-likeness (QED) is 0.233. The van der Waals surface area contributed by atoms with Gasteiger partial charge < -0.3 is 4.74 Å². The molecule has 0 spiro atoms. The van der Waals surface area contributed by atoms with Crippen LogP contribution in [0.3, 0.4) is 0 Å². The first-order chi connectivity index (χ1) is 13.5. The Kier molecular flexibility index (Phi) is 6.00. The molecule has 3 aromatic rings. The van der Waals surface area contributed by atoms with E-state index in [-0.39, 0.29) is 11.5 Å². The number of ketones is 1. The van der Waals surface area contributed by atoms with Gasteiger partial charge in [-0.15, -0.1) is 0 Å². The first-order valence-corrected chi connectivity index (χ1v) is 9.07. The third kappa shape index (κ3) is 4.72. The van der Waals surface area contributed by atoms with Crippen LogP contribution < -0.4 is 4.74 Å². The van der Waals surface area contributed by atoms with Crippen LogP contribution in [-0.4, -0.2) is 27.6 Å². The van der Waals surface area contributed by atoms with E-state index < -0.39 is 4.92 Å². The van der Waals surface area contributed by atoms with Gasteiger partial charge in [0.25, 0.3) is 0 Å². The van der Waals surface area contributed by atoms with E-state index in [9.17, 15) is 14.9 Å². The second-order valence-electron chi connectivity index (χ2n) is 5.93. The second kappa shape index (κ2) is 8.62. The molecule has 0 aliphatic heterocycles. The number of ether oxygens (including phenoxy) is 1. The summed E-state index contributed by atoms with van der Waals surface area (Å²) in [5.74, 6) is 0.530. The summed E-state index contributed by atoms with van der Waals surface area (Å²) in [5.41, 5.74) is 2.12. The molecule has 142 valence electrons. The minimum Gasteiger partial charge on any atom is -0.496 e. The van der Waals surface area contributed by atoms with Crippen molar-refractivity contribution in [3.63, 3.8) is 0 Å². The molecule has 0 radical (unpaired) electrons. The third-order valence-electron chi connectivity index (χ3n) is 4.02. The predicted octanol–water partition coefficient (Wildman–Crippen LogP) is 4.51. The van der Waals surface area contributed by atoms with E-state index in [4.69, 9.17) is 4.74 Å². The van der Waals surface area contributed by atoms with Crippen molar-refractivity contribution in [1.29, 1.82) is 0 Å². The first-order valence-electron chi connectivity index (χ1n) is 8.28. The highest BCUT2D eigenvalue weighted by atomic mass is 79.9. The van der Waals surface area contributed by atoms with Crippen LogP contribution in [0.2, 0.25) is 0 Å². The van der Waals surface area contributed by atoms with Crippen LogP contribution in [0.25, 0.3) is 6.08 Å². The molecular weight excluding hydrogens is 426 g/mol. The fraction of sp³-hybridized carbons (Fsp3) is 0.100. The lowest BCUT2D eigenvalue weighted by atomic mass is 10.1. The highest BCUT2D eigenvalue weighted by Gasteiger charge is 2.11. The number of nitro groups is 1. The van der Waals surface area contributed by atoms with Crippen LogP contribution in [0.4, 0.5) is 5.69 Å². The fourth-order valence-electron chi connectivity index (χ4n) is 2.62. The highest BCUT2D eigenvalue weighted by Crippen LogP contribution is 2.22. The first kappa shape index (κ1) is 19.5. The molecule has 1 aromatic heterocycles. The topological polar surface area (TPSA) is 87.3 Å². The number of aromatic nitrogens is 2. The average molecular weight is 442 g/mol. The van der Waals surface area contributed by atoms with Gasteiger partial charge in [0.15, 0.2) is 5.78 Å². The third-order valence-corrected chi connectivity index (χ3v) is 4.55. The Hall–Kier alpha value is -3.26. The van der Waals surface area contributed by atoms with Crippen molar-refractivity contribution in [2.75, 3.05) is 7.11 Å². The zero-order valence-corrected chi connectivity index (χ0v) is 16.5. The molecule has 28 heavy (non-hydrogen) atoms. The van der Waals surface area contributed by atoms with Crippen molar-refractivity contribution in [3.8, 4) is 5.75 Å². The van der Waals surface area contributed by atoms with Crippen LogP contribution in [0.5, 0.6) is 5.75 Å². The van der Waals surface area contributed by atoms with Gasteiger partial charge in [-0.1, -0.05) is 28.1 Å². The van der Waals surface area contributed by atoms with Crippen molar-refractivity contribution < 1.29 is 14.5 Å². The van der Waals surface area contributed by atoms with Crippen molar-refractivity contribution in [3.05, 3.63) is 92.2 Å². The summed E-state index contributed by atoms with van der Waals surface area (Å²) < 4.78 is 7.74. The van der Waals surface area contributed by atoms with Gasteiger partial charge in [0.05, 0.1) is 18.6 Å². The molecule has 0 saturated heterocycles. The van der Waals surface area contributed by atoms with E-state index in [1.54, 1.807) is 31.4 Å². The van der Waals surface area contributed by atoms with E-state index in [0.29, 0.717) is 17.9 Å². The van der Waals surface area contributed by atoms with Crippen molar-refractivity contribution in [2.24, 2.45) is 0 Å². The molecule has 2 aromatic carbocycles. The largest absolute Gasteiger partial charge is 0.496 e. The number of hydrogen-bond acceptors (Lipinski definition) is 5. The number of halogens is 1. The smallest absolute Gasteiger partial charge is 0.307 e. The molecule has 0 unspecified atom stereocenters. The van der Waals surface area contributed by atoms with Gasteiger partial charge in [-0.2, -0.15) is 5.10 Å². The summed E-state index contributed by atoms with van der Waals surface area (Å²) in [6.45, 7) is 0.305. The van der Waals surface area contributed by atoms with Crippen LogP contribution in [0.15, 0.2) is 65.4 Å². The summed E-state index contributed by atoms with van der Waals surface area (Å²) in [6, 6.07) is 12.6. The summed E-state index contributed by atoms with van der Waals surface area (Å²) in [4.78, 5) is 22.6. The maximum absolute atomic E-state index is 12.3. The van der Waals surface area contributed by atoms with E-state index in [2.05, 4.69) is 21.0 Å². The monoisotopic (exact) mass is 441 g/mol. The number of methoxy groups -OCH3 is 1. The van der Waals surface area contributed by atoms with Gasteiger partial charge in [-0.25, -0.2) is 0 Å². The van der Waals surface area contributed by atoms with Gasteiger partial charge in [-0.05, 0) is 48.0 Å². The summed E-state index contributed by atoms with van der Waals surface area (Å²) in [7, 11) is 1.55. The van der Waals surface area contributed by atoms with Crippen molar-refractivity contribution in [2.45, 2.75) is 6.54 Å². The lowest BCUT2D eigenvalue weighted by Crippen LogP contribution is -2.02. The number of hydrogen-bond donors (Lipinski definition) is 0. The second-order valence-corrected chi connectivity index (χ2v) is 6.84. The minimum absolute atomic E-state index is 0.0740. The molecule has 8 heteroatoms. The molecule has 0 aliphatic rings. The lowest BCUT2D eigenvalue weighted by molar-refractivity contribution is -0.385. The molecule has 0 fully saturated rings. The van der Waals surface area contributed by atoms with E-state index in [0.717, 1.165) is 15.6 Å². The molecule has 0 amide bonds. The van der Waals surface area contributed by atoms with E-state index in [1.807, 2.05) is 24.3 Å². The summed E-state index contributed by atoms with van der Waals surface area (Å²) >= 11 is 3.34. The normalized spacial score (nSPS) is 10.9. The molecule has 0 aliphatic carbocycles. The molecule has 0 saturated carbocycles. The average Bonchev–Trinajstić information content (AvgIpc) is 3.16. The molecule has 0 atom stereocenters. The number of carbonyl (C=O) groups is 1. The number of nitrogens with zero attached hydrogens (tertiary/aromatic N) is 3. The zero-order valence-electron chi connectivity index (χ0n) is 14.9. The van der Waals surface area contributed by atoms with Crippen LogP contribution in [-0.2, 0) is 6.54 Å². The maximum atomic E-state index is 12.3. The van der Waals surface area contributed by atoms with E-state index >= 15 is 0 Å². The van der Waals surface area contributed by atoms with E-state index in [1.165, 1.54) is 23.2 Å². The molecule has 1 heterocycles. The minimum atomic E-state index is -0.492. The van der Waals surface area contributed by atoms with Crippen LogP contribution >= 0.6 is 15.9 Å². The Labute approximate surface area is 169 Å². The fourth-order valence-corrected chi connectivity index (χ4v) is 2.88. The zero-order chi connectivity index (χ0) is 20.1. The number of carbonyl (C=O) groups excluding carboxylic acids is 1. The van der Waals surface area contributed by atoms with Gasteiger partial charge in [0.1, 0.15) is 18.1 Å². The predicted molar refractivity (Wildman–Crippen MR) is 108 cm³/mol. The highest BCUT2D eigenvalue weighted by molar-refractivity contribution is 9.10. The van der Waals surface area contributed by atoms with Gasteiger partial charge in [0.2, 0.25) is 0 Å². The molecular formula is C20H16BrN3O4.